The van der Waals surface area contributed by atoms with Crippen LogP contribution in [0.4, 0.5) is 0 Å². The van der Waals surface area contributed by atoms with Gasteiger partial charge in [-0.3, -0.25) is 5.10 Å². The van der Waals surface area contributed by atoms with Gasteiger partial charge in [-0.2, -0.15) is 10.4 Å². The highest BCUT2D eigenvalue weighted by Gasteiger charge is 2.06. The standard InChI is InChI=1S/C6H2BrN3S/c7-5-4-1-3(2-8)11-6(4)10-9-5/h1H,(H,9,10). The number of hydrogen-bond acceptors (Lipinski definition) is 3. The number of fused-ring (bicyclic) bond motifs is 1. The lowest BCUT2D eigenvalue weighted by molar-refractivity contribution is 1.10. The summed E-state index contributed by atoms with van der Waals surface area (Å²) < 4.78 is 0.769. The van der Waals surface area contributed by atoms with Crippen molar-refractivity contribution in [2.75, 3.05) is 0 Å². The average molecular weight is 228 g/mol. The van der Waals surface area contributed by atoms with E-state index in [1.165, 1.54) is 11.3 Å². The molecule has 0 aromatic carbocycles. The van der Waals surface area contributed by atoms with Gasteiger partial charge in [0.05, 0.1) is 0 Å². The third kappa shape index (κ3) is 0.951. The van der Waals surface area contributed by atoms with Gasteiger partial charge in [0.25, 0.3) is 0 Å². The van der Waals surface area contributed by atoms with Crippen LogP contribution in [0.5, 0.6) is 0 Å². The number of nitrogens with zero attached hydrogens (tertiary/aromatic N) is 2. The molecular weight excluding hydrogens is 226 g/mol. The summed E-state index contributed by atoms with van der Waals surface area (Å²) in [4.78, 5) is 1.64. The Morgan fingerprint density at radius 2 is 2.55 bits per heavy atom. The number of aromatic amines is 1. The van der Waals surface area contributed by atoms with Gasteiger partial charge >= 0.3 is 0 Å². The predicted molar refractivity (Wildman–Crippen MR) is 46.4 cm³/mol. The molecule has 0 fully saturated rings. The number of nitriles is 1. The quantitative estimate of drug-likeness (QED) is 0.751. The first-order valence-corrected chi connectivity index (χ1v) is 4.45. The van der Waals surface area contributed by atoms with Crippen LogP contribution >= 0.6 is 27.3 Å². The molecule has 11 heavy (non-hydrogen) atoms. The van der Waals surface area contributed by atoms with E-state index >= 15 is 0 Å². The maximum absolute atomic E-state index is 8.56. The summed E-state index contributed by atoms with van der Waals surface area (Å²) in [6, 6.07) is 3.89. The molecular formula is C6H2BrN3S. The molecule has 0 aliphatic carbocycles. The molecule has 54 valence electrons. The Hall–Kier alpha value is -0.860. The minimum atomic E-state index is 0.703. The van der Waals surface area contributed by atoms with E-state index in [1.807, 2.05) is 6.07 Å². The Morgan fingerprint density at radius 1 is 1.73 bits per heavy atom. The van der Waals surface area contributed by atoms with Crippen LogP contribution in [0.1, 0.15) is 4.88 Å². The van der Waals surface area contributed by atoms with Gasteiger partial charge in [0.15, 0.2) is 0 Å². The molecule has 1 N–H and O–H groups in total. The monoisotopic (exact) mass is 227 g/mol. The highest BCUT2D eigenvalue weighted by atomic mass is 79.9. The zero-order valence-corrected chi connectivity index (χ0v) is 7.66. The molecule has 0 atom stereocenters. The van der Waals surface area contributed by atoms with Crippen molar-refractivity contribution in [3.05, 3.63) is 15.5 Å². The first kappa shape index (κ1) is 6.83. The van der Waals surface area contributed by atoms with E-state index in [4.69, 9.17) is 5.26 Å². The molecule has 0 unspecified atom stereocenters. The summed E-state index contributed by atoms with van der Waals surface area (Å²) in [6.07, 6.45) is 0. The van der Waals surface area contributed by atoms with E-state index in [2.05, 4.69) is 32.2 Å². The molecule has 0 radical (unpaired) electrons. The van der Waals surface area contributed by atoms with Crippen LogP contribution in [0, 0.1) is 11.3 Å². The summed E-state index contributed by atoms with van der Waals surface area (Å²) >= 11 is 4.67. The number of rotatable bonds is 0. The molecule has 3 nitrogen and oxygen atoms in total. The van der Waals surface area contributed by atoms with Crippen molar-refractivity contribution in [3.8, 4) is 6.07 Å². The zero-order valence-electron chi connectivity index (χ0n) is 5.26. The largest absolute Gasteiger partial charge is 0.267 e. The summed E-state index contributed by atoms with van der Waals surface area (Å²) in [6.45, 7) is 0. The highest BCUT2D eigenvalue weighted by Crippen LogP contribution is 2.28. The number of nitrogens with one attached hydrogen (secondary N) is 1. The van der Waals surface area contributed by atoms with Crippen LogP contribution in [0.3, 0.4) is 0 Å². The Balaban J connectivity index is 2.82. The van der Waals surface area contributed by atoms with Crippen LogP contribution < -0.4 is 0 Å². The Bertz CT molecular complexity index is 436. The molecule has 0 spiro atoms. The lowest BCUT2D eigenvalue weighted by atomic mass is 10.4. The minimum absolute atomic E-state index is 0.703. The molecule has 2 rings (SSSR count). The van der Waals surface area contributed by atoms with Crippen molar-refractivity contribution in [1.82, 2.24) is 10.2 Å². The second kappa shape index (κ2) is 2.32. The molecule has 0 aliphatic rings. The average Bonchev–Trinajstić information content (AvgIpc) is 2.53. The van der Waals surface area contributed by atoms with Gasteiger partial charge in [0, 0.05) is 5.39 Å². The highest BCUT2D eigenvalue weighted by molar-refractivity contribution is 9.10. The summed E-state index contributed by atoms with van der Waals surface area (Å²) in [5.41, 5.74) is 0. The third-order valence-electron chi connectivity index (χ3n) is 1.32. The van der Waals surface area contributed by atoms with Crippen molar-refractivity contribution in [1.29, 1.82) is 5.26 Å². The lowest BCUT2D eigenvalue weighted by Crippen LogP contribution is -1.64. The third-order valence-corrected chi connectivity index (χ3v) is 2.87. The molecule has 0 bridgehead atoms. The van der Waals surface area contributed by atoms with Crippen molar-refractivity contribution in [2.45, 2.75) is 0 Å². The van der Waals surface area contributed by atoms with Crippen molar-refractivity contribution < 1.29 is 0 Å². The number of hydrogen-bond donors (Lipinski definition) is 1. The van der Waals surface area contributed by atoms with Gasteiger partial charge in [-0.25, -0.2) is 0 Å². The smallest absolute Gasteiger partial charge is 0.136 e. The molecule has 0 saturated heterocycles. The minimum Gasteiger partial charge on any atom is -0.267 e. The van der Waals surface area contributed by atoms with Gasteiger partial charge in [0.2, 0.25) is 0 Å². The predicted octanol–water partition coefficient (Wildman–Crippen LogP) is 2.26. The number of aromatic nitrogens is 2. The fraction of sp³-hybridized carbons (Fsp3) is 0. The van der Waals surface area contributed by atoms with E-state index in [9.17, 15) is 0 Å². The maximum Gasteiger partial charge on any atom is 0.136 e. The molecule has 0 saturated carbocycles. The molecule has 0 amide bonds. The van der Waals surface area contributed by atoms with Crippen molar-refractivity contribution >= 4 is 37.5 Å². The van der Waals surface area contributed by atoms with Crippen LogP contribution in [0.2, 0.25) is 0 Å². The maximum atomic E-state index is 8.56. The SMILES string of the molecule is N#Cc1cc2c(Br)n[nH]c2s1. The molecule has 2 heterocycles. The van der Waals surface area contributed by atoms with Gasteiger partial charge in [-0.05, 0) is 22.0 Å². The fourth-order valence-electron chi connectivity index (χ4n) is 0.842. The summed E-state index contributed by atoms with van der Waals surface area (Å²) in [7, 11) is 0. The summed E-state index contributed by atoms with van der Waals surface area (Å²) in [5.74, 6) is 0. The van der Waals surface area contributed by atoms with Crippen molar-refractivity contribution in [3.63, 3.8) is 0 Å². The Morgan fingerprint density at radius 3 is 3.18 bits per heavy atom. The Kier molecular flexibility index (Phi) is 1.44. The molecule has 0 aliphatic heterocycles. The van der Waals surface area contributed by atoms with E-state index in [-0.39, 0.29) is 0 Å². The molecule has 5 heteroatoms. The van der Waals surface area contributed by atoms with Gasteiger partial charge in [-0.15, -0.1) is 11.3 Å². The fourth-order valence-corrected chi connectivity index (χ4v) is 2.17. The topological polar surface area (TPSA) is 52.5 Å². The van der Waals surface area contributed by atoms with Crippen LogP contribution in [-0.4, -0.2) is 10.2 Å². The number of H-pyrrole nitrogens is 1. The van der Waals surface area contributed by atoms with Crippen LogP contribution in [-0.2, 0) is 0 Å². The number of thiophene rings is 1. The van der Waals surface area contributed by atoms with E-state index in [1.54, 1.807) is 0 Å². The van der Waals surface area contributed by atoms with Gasteiger partial charge < -0.3 is 0 Å². The first-order chi connectivity index (χ1) is 5.31. The van der Waals surface area contributed by atoms with Gasteiger partial charge in [0.1, 0.15) is 20.4 Å². The molecule has 2 aromatic heterocycles. The van der Waals surface area contributed by atoms with Crippen LogP contribution in [0.15, 0.2) is 10.7 Å². The summed E-state index contributed by atoms with van der Waals surface area (Å²) in [5, 5.41) is 16.3. The zero-order chi connectivity index (χ0) is 7.84. The van der Waals surface area contributed by atoms with E-state index < -0.39 is 0 Å². The second-order valence-electron chi connectivity index (χ2n) is 1.98. The Labute approximate surface area is 74.8 Å². The van der Waals surface area contributed by atoms with Crippen LogP contribution in [0.25, 0.3) is 10.2 Å². The van der Waals surface area contributed by atoms with Crippen molar-refractivity contribution in [2.24, 2.45) is 0 Å². The second-order valence-corrected chi connectivity index (χ2v) is 3.78. The number of halogens is 1. The normalized spacial score (nSPS) is 10.2. The first-order valence-electron chi connectivity index (χ1n) is 2.85. The lowest BCUT2D eigenvalue weighted by Gasteiger charge is -1.72. The van der Waals surface area contributed by atoms with E-state index in [0.29, 0.717) is 4.88 Å². The van der Waals surface area contributed by atoms with E-state index in [0.717, 1.165) is 14.8 Å². The molecule has 2 aromatic rings. The van der Waals surface area contributed by atoms with Gasteiger partial charge in [-0.1, -0.05) is 0 Å².